The average Bonchev–Trinajstić information content (AvgIpc) is 2.85. The minimum atomic E-state index is -0.166. The second kappa shape index (κ2) is 4.64. The number of aryl methyl sites for hydroxylation is 1. The van der Waals surface area contributed by atoms with E-state index < -0.39 is 0 Å². The zero-order chi connectivity index (χ0) is 12.3. The van der Waals surface area contributed by atoms with Gasteiger partial charge in [-0.1, -0.05) is 0 Å². The van der Waals surface area contributed by atoms with Gasteiger partial charge >= 0.3 is 0 Å². The molecular weight excluding hydrogens is 222 g/mol. The molecule has 2 aromatic heterocycles. The molecule has 0 spiro atoms. The van der Waals surface area contributed by atoms with E-state index in [1.807, 2.05) is 0 Å². The molecule has 0 aromatic carbocycles. The van der Waals surface area contributed by atoms with Crippen molar-refractivity contribution < 1.29 is 4.79 Å². The summed E-state index contributed by atoms with van der Waals surface area (Å²) in [6.45, 7) is 0.431. The summed E-state index contributed by atoms with van der Waals surface area (Å²) >= 11 is 0. The maximum absolute atomic E-state index is 11.5. The number of aromatic nitrogens is 5. The highest BCUT2D eigenvalue weighted by molar-refractivity contribution is 5.75. The Balaban J connectivity index is 1.82. The van der Waals surface area contributed by atoms with Gasteiger partial charge in [-0.05, 0) is 0 Å². The van der Waals surface area contributed by atoms with Gasteiger partial charge in [0.25, 0.3) is 0 Å². The van der Waals surface area contributed by atoms with Crippen molar-refractivity contribution in [1.29, 1.82) is 0 Å². The van der Waals surface area contributed by atoms with Crippen molar-refractivity contribution in [3.05, 3.63) is 24.5 Å². The molecule has 0 fully saturated rings. The number of anilines is 1. The summed E-state index contributed by atoms with van der Waals surface area (Å²) in [5.41, 5.74) is 6.02. The van der Waals surface area contributed by atoms with E-state index in [1.54, 1.807) is 24.3 Å². The number of nitrogen functional groups attached to an aromatic ring is 1. The van der Waals surface area contributed by atoms with Gasteiger partial charge in [-0.15, -0.1) is 0 Å². The fourth-order valence-electron chi connectivity index (χ4n) is 1.31. The normalized spacial score (nSPS) is 10.4. The van der Waals surface area contributed by atoms with E-state index in [4.69, 9.17) is 5.73 Å². The first-order valence-corrected chi connectivity index (χ1v) is 5.02. The molecule has 0 atom stereocenters. The van der Waals surface area contributed by atoms with Gasteiger partial charge in [-0.25, -0.2) is 4.98 Å². The zero-order valence-corrected chi connectivity index (χ0v) is 9.37. The SMILES string of the molecule is Cn1cnc(CNC(=O)Cn2cc(N)cn2)n1. The Labute approximate surface area is 97.4 Å². The number of nitrogens with zero attached hydrogens (tertiary/aromatic N) is 5. The molecule has 3 N–H and O–H groups in total. The Morgan fingerprint density at radius 2 is 2.41 bits per heavy atom. The van der Waals surface area contributed by atoms with Crippen LogP contribution in [-0.2, 0) is 24.9 Å². The number of nitrogens with two attached hydrogens (primary N) is 1. The number of carbonyl (C=O) groups excluding carboxylic acids is 1. The monoisotopic (exact) mass is 235 g/mol. The van der Waals surface area contributed by atoms with Crippen LogP contribution >= 0.6 is 0 Å². The second-order valence-corrected chi connectivity index (χ2v) is 3.58. The third-order valence-corrected chi connectivity index (χ3v) is 2.05. The quantitative estimate of drug-likeness (QED) is 0.700. The molecule has 17 heavy (non-hydrogen) atoms. The molecule has 0 saturated carbocycles. The van der Waals surface area contributed by atoms with Gasteiger partial charge in [0, 0.05) is 13.2 Å². The lowest BCUT2D eigenvalue weighted by Gasteiger charge is -2.02. The lowest BCUT2D eigenvalue weighted by Crippen LogP contribution is -2.27. The van der Waals surface area contributed by atoms with E-state index in [0.717, 1.165) is 0 Å². The van der Waals surface area contributed by atoms with Crippen LogP contribution in [0.25, 0.3) is 0 Å². The molecule has 0 saturated heterocycles. The van der Waals surface area contributed by atoms with Crippen LogP contribution in [0.3, 0.4) is 0 Å². The predicted molar refractivity (Wildman–Crippen MR) is 59.5 cm³/mol. The van der Waals surface area contributed by atoms with Gasteiger partial charge in [0.15, 0.2) is 5.82 Å². The van der Waals surface area contributed by atoms with Crippen molar-refractivity contribution in [3.63, 3.8) is 0 Å². The molecule has 0 radical (unpaired) electrons. The maximum Gasteiger partial charge on any atom is 0.242 e. The Hall–Kier alpha value is -2.38. The summed E-state index contributed by atoms with van der Waals surface area (Å²) in [7, 11) is 1.77. The summed E-state index contributed by atoms with van der Waals surface area (Å²) < 4.78 is 3.05. The van der Waals surface area contributed by atoms with Gasteiger partial charge in [-0.2, -0.15) is 10.2 Å². The van der Waals surface area contributed by atoms with Crippen molar-refractivity contribution in [2.45, 2.75) is 13.1 Å². The number of amides is 1. The first-order chi connectivity index (χ1) is 8.13. The summed E-state index contributed by atoms with van der Waals surface area (Å²) in [4.78, 5) is 15.5. The third-order valence-electron chi connectivity index (χ3n) is 2.05. The highest BCUT2D eigenvalue weighted by Gasteiger charge is 2.05. The van der Waals surface area contributed by atoms with Crippen molar-refractivity contribution in [3.8, 4) is 0 Å². The van der Waals surface area contributed by atoms with E-state index in [9.17, 15) is 4.79 Å². The van der Waals surface area contributed by atoms with Crippen LogP contribution in [0.4, 0.5) is 5.69 Å². The average molecular weight is 235 g/mol. The first kappa shape index (κ1) is 11.1. The molecule has 8 nitrogen and oxygen atoms in total. The summed E-state index contributed by atoms with van der Waals surface area (Å²) in [6, 6.07) is 0. The first-order valence-electron chi connectivity index (χ1n) is 5.02. The van der Waals surface area contributed by atoms with Crippen molar-refractivity contribution in [2.24, 2.45) is 7.05 Å². The van der Waals surface area contributed by atoms with E-state index >= 15 is 0 Å². The topological polar surface area (TPSA) is 104 Å². The van der Waals surface area contributed by atoms with Crippen molar-refractivity contribution in [2.75, 3.05) is 5.73 Å². The maximum atomic E-state index is 11.5. The van der Waals surface area contributed by atoms with Gasteiger partial charge in [0.1, 0.15) is 12.9 Å². The Morgan fingerprint density at radius 1 is 1.59 bits per heavy atom. The molecule has 1 amide bonds. The van der Waals surface area contributed by atoms with E-state index in [0.29, 0.717) is 18.1 Å². The molecule has 8 heteroatoms. The van der Waals surface area contributed by atoms with Gasteiger partial charge in [-0.3, -0.25) is 14.2 Å². The van der Waals surface area contributed by atoms with E-state index in [-0.39, 0.29) is 12.5 Å². The molecule has 2 heterocycles. The molecule has 90 valence electrons. The Bertz CT molecular complexity index is 515. The van der Waals surface area contributed by atoms with Crippen LogP contribution < -0.4 is 11.1 Å². The molecule has 2 aromatic rings. The van der Waals surface area contributed by atoms with E-state index in [2.05, 4.69) is 20.5 Å². The number of hydrogen-bond donors (Lipinski definition) is 2. The second-order valence-electron chi connectivity index (χ2n) is 3.58. The highest BCUT2D eigenvalue weighted by Crippen LogP contribution is 1.97. The fraction of sp³-hybridized carbons (Fsp3) is 0.333. The largest absolute Gasteiger partial charge is 0.396 e. The molecule has 0 aliphatic rings. The zero-order valence-electron chi connectivity index (χ0n) is 9.37. The van der Waals surface area contributed by atoms with Crippen molar-refractivity contribution in [1.82, 2.24) is 29.9 Å². The van der Waals surface area contributed by atoms with Crippen LogP contribution in [0.15, 0.2) is 18.7 Å². The molecule has 0 unspecified atom stereocenters. The molecule has 2 rings (SSSR count). The van der Waals surface area contributed by atoms with E-state index in [1.165, 1.54) is 10.9 Å². The minimum absolute atomic E-state index is 0.129. The van der Waals surface area contributed by atoms with Gasteiger partial charge < -0.3 is 11.1 Å². The number of nitrogens with one attached hydrogen (secondary N) is 1. The van der Waals surface area contributed by atoms with Crippen LogP contribution in [0.1, 0.15) is 5.82 Å². The van der Waals surface area contributed by atoms with Gasteiger partial charge in [0.05, 0.1) is 18.4 Å². The summed E-state index contributed by atoms with van der Waals surface area (Å²) in [5, 5.41) is 10.6. The van der Waals surface area contributed by atoms with Crippen LogP contribution in [0.2, 0.25) is 0 Å². The highest BCUT2D eigenvalue weighted by atomic mass is 16.2. The van der Waals surface area contributed by atoms with Crippen LogP contribution in [0.5, 0.6) is 0 Å². The van der Waals surface area contributed by atoms with Crippen LogP contribution in [0, 0.1) is 0 Å². The lowest BCUT2D eigenvalue weighted by atomic mass is 10.5. The molecule has 0 bridgehead atoms. The number of rotatable bonds is 4. The fourth-order valence-corrected chi connectivity index (χ4v) is 1.31. The Morgan fingerprint density at radius 3 is 3.00 bits per heavy atom. The number of hydrogen-bond acceptors (Lipinski definition) is 5. The smallest absolute Gasteiger partial charge is 0.242 e. The summed E-state index contributed by atoms with van der Waals surface area (Å²) in [6.07, 6.45) is 4.67. The van der Waals surface area contributed by atoms with Crippen molar-refractivity contribution >= 4 is 11.6 Å². The van der Waals surface area contributed by atoms with Crippen LogP contribution in [-0.4, -0.2) is 30.5 Å². The van der Waals surface area contributed by atoms with Gasteiger partial charge in [0.2, 0.25) is 5.91 Å². The molecular formula is C9H13N7O. The molecule has 0 aliphatic carbocycles. The lowest BCUT2D eigenvalue weighted by molar-refractivity contribution is -0.122. The Kier molecular flexibility index (Phi) is 3.03. The minimum Gasteiger partial charge on any atom is -0.396 e. The third kappa shape index (κ3) is 3.03. The summed E-state index contributed by atoms with van der Waals surface area (Å²) in [5.74, 6) is 0.404. The predicted octanol–water partition coefficient (Wildman–Crippen LogP) is -1.09. The molecule has 0 aliphatic heterocycles. The number of carbonyl (C=O) groups is 1. The standard InChI is InChI=1S/C9H13N7O/c1-15-6-12-8(14-15)3-11-9(17)5-16-4-7(10)2-13-16/h2,4,6H,3,5,10H2,1H3,(H,11,17).